The van der Waals surface area contributed by atoms with Gasteiger partial charge in [-0.2, -0.15) is 5.26 Å². The van der Waals surface area contributed by atoms with Crippen LogP contribution >= 0.6 is 34.3 Å². The monoisotopic (exact) mass is 471 g/mol. The van der Waals surface area contributed by atoms with Gasteiger partial charge in [0, 0.05) is 22.2 Å². The highest BCUT2D eigenvalue weighted by Gasteiger charge is 2.24. The first-order valence-electron chi connectivity index (χ1n) is 9.25. The number of nitrogens with one attached hydrogen (secondary N) is 1. The number of allylic oxidation sites excluding steroid dienone is 1. The largest absolute Gasteiger partial charge is 0.462 e. The maximum absolute atomic E-state index is 12.4. The van der Waals surface area contributed by atoms with Gasteiger partial charge in [-0.3, -0.25) is 4.79 Å². The summed E-state index contributed by atoms with van der Waals surface area (Å²) in [6, 6.07) is 9.40. The molecule has 0 aliphatic carbocycles. The van der Waals surface area contributed by atoms with Gasteiger partial charge in [-0.05, 0) is 38.5 Å². The zero-order valence-corrected chi connectivity index (χ0v) is 19.4. The molecule has 3 aromatic rings. The summed E-state index contributed by atoms with van der Waals surface area (Å²) in [6.07, 6.45) is 1.49. The van der Waals surface area contributed by atoms with Crippen LogP contribution in [0.15, 0.2) is 35.8 Å². The van der Waals surface area contributed by atoms with Gasteiger partial charge in [-0.15, -0.1) is 22.7 Å². The quantitative estimate of drug-likeness (QED) is 0.251. The summed E-state index contributed by atoms with van der Waals surface area (Å²) in [7, 11) is 0. The van der Waals surface area contributed by atoms with Crippen molar-refractivity contribution in [2.45, 2.75) is 20.8 Å². The molecular formula is C22H18ClN3O3S2. The maximum atomic E-state index is 12.4. The molecule has 0 bridgehead atoms. The highest BCUT2D eigenvalue weighted by molar-refractivity contribution is 7.18. The number of ether oxygens (including phenoxy) is 1. The number of benzene rings is 1. The standard InChI is InChI=1S/C22H18ClN3O3S2/c1-4-29-22(28)18-12(2)19(13(3)27)31-21(18)25-10-15(9-24)20-26-17(11-30-20)14-5-7-16(23)8-6-14/h5-8,10-11,25H,4H2,1-3H3/b15-10-. The van der Waals surface area contributed by atoms with E-state index in [1.165, 1.54) is 24.5 Å². The number of carbonyl (C=O) groups is 2. The number of carbonyl (C=O) groups excluding carboxylic acids is 2. The van der Waals surface area contributed by atoms with Crippen molar-refractivity contribution in [3.05, 3.63) is 61.9 Å². The topological polar surface area (TPSA) is 92.1 Å². The molecule has 0 saturated carbocycles. The van der Waals surface area contributed by atoms with Crippen LogP contribution in [-0.2, 0) is 4.74 Å². The number of hydrogen-bond donors (Lipinski definition) is 1. The summed E-state index contributed by atoms with van der Waals surface area (Å²) in [5.41, 5.74) is 2.78. The molecule has 1 aromatic carbocycles. The second kappa shape index (κ2) is 9.88. The number of nitriles is 1. The smallest absolute Gasteiger partial charge is 0.341 e. The molecule has 0 saturated heterocycles. The Balaban J connectivity index is 1.92. The summed E-state index contributed by atoms with van der Waals surface area (Å²) in [5.74, 6) is -0.657. The zero-order valence-electron chi connectivity index (χ0n) is 17.0. The van der Waals surface area contributed by atoms with E-state index in [-0.39, 0.29) is 12.4 Å². The van der Waals surface area contributed by atoms with Crippen molar-refractivity contribution in [3.63, 3.8) is 0 Å². The Hall–Kier alpha value is -2.99. The number of aromatic nitrogens is 1. The van der Waals surface area contributed by atoms with E-state index in [0.717, 1.165) is 22.6 Å². The van der Waals surface area contributed by atoms with E-state index in [1.54, 1.807) is 26.0 Å². The van der Waals surface area contributed by atoms with Crippen LogP contribution in [0, 0.1) is 18.3 Å². The SMILES string of the molecule is CCOC(=O)c1c(N/C=C(/C#N)c2nc(-c3ccc(Cl)cc3)cs2)sc(C(C)=O)c1C. The van der Waals surface area contributed by atoms with Crippen molar-refractivity contribution in [1.29, 1.82) is 5.26 Å². The second-order valence-corrected chi connectivity index (χ2v) is 8.71. The van der Waals surface area contributed by atoms with Crippen molar-refractivity contribution in [3.8, 4) is 17.3 Å². The lowest BCUT2D eigenvalue weighted by molar-refractivity contribution is 0.0527. The fraction of sp³-hybridized carbons (Fsp3) is 0.182. The molecule has 0 spiro atoms. The van der Waals surface area contributed by atoms with Gasteiger partial charge < -0.3 is 10.1 Å². The number of nitrogens with zero attached hydrogens (tertiary/aromatic N) is 2. The van der Waals surface area contributed by atoms with E-state index in [2.05, 4.69) is 16.4 Å². The number of thiazole rings is 1. The Bertz CT molecular complexity index is 1200. The number of Topliss-reactive ketones (excluding diaryl/α,β-unsaturated/α-hetero) is 1. The molecule has 2 heterocycles. The molecule has 0 aliphatic rings. The molecule has 0 amide bonds. The Labute approximate surface area is 192 Å². The van der Waals surface area contributed by atoms with Crippen LogP contribution in [-0.4, -0.2) is 23.3 Å². The minimum Gasteiger partial charge on any atom is -0.462 e. The maximum Gasteiger partial charge on any atom is 0.341 e. The normalized spacial score (nSPS) is 11.1. The van der Waals surface area contributed by atoms with Crippen molar-refractivity contribution in [1.82, 2.24) is 4.98 Å². The molecule has 2 aromatic heterocycles. The summed E-state index contributed by atoms with van der Waals surface area (Å²) in [5, 5.41) is 16.1. The third kappa shape index (κ3) is 5.02. The van der Waals surface area contributed by atoms with Gasteiger partial charge in [-0.25, -0.2) is 9.78 Å². The number of halogens is 1. The van der Waals surface area contributed by atoms with Crippen LogP contribution in [0.2, 0.25) is 5.02 Å². The summed E-state index contributed by atoms with van der Waals surface area (Å²) in [4.78, 5) is 29.4. The van der Waals surface area contributed by atoms with Gasteiger partial charge in [-0.1, -0.05) is 23.7 Å². The summed E-state index contributed by atoms with van der Waals surface area (Å²) >= 11 is 8.42. The van der Waals surface area contributed by atoms with E-state index in [0.29, 0.717) is 36.6 Å². The predicted octanol–water partition coefficient (Wildman–Crippen LogP) is 6.19. The lowest BCUT2D eigenvalue weighted by Crippen LogP contribution is -2.08. The Kier molecular flexibility index (Phi) is 7.23. The minimum atomic E-state index is -0.516. The summed E-state index contributed by atoms with van der Waals surface area (Å²) in [6.45, 7) is 5.09. The van der Waals surface area contributed by atoms with E-state index in [9.17, 15) is 14.9 Å². The van der Waals surface area contributed by atoms with Gasteiger partial charge >= 0.3 is 5.97 Å². The van der Waals surface area contributed by atoms with Gasteiger partial charge in [0.05, 0.1) is 22.7 Å². The molecule has 0 unspecified atom stereocenters. The number of hydrogen-bond acceptors (Lipinski definition) is 8. The number of rotatable bonds is 7. The first-order chi connectivity index (χ1) is 14.8. The van der Waals surface area contributed by atoms with Crippen molar-refractivity contribution in [2.24, 2.45) is 0 Å². The number of thiophene rings is 1. The molecule has 6 nitrogen and oxygen atoms in total. The molecule has 0 aliphatic heterocycles. The van der Waals surface area contributed by atoms with Crippen LogP contribution in [0.3, 0.4) is 0 Å². The van der Waals surface area contributed by atoms with Gasteiger partial charge in [0.15, 0.2) is 5.78 Å². The average Bonchev–Trinajstić information content (AvgIpc) is 3.34. The first kappa shape index (κ1) is 22.7. The molecular weight excluding hydrogens is 454 g/mol. The molecule has 9 heteroatoms. The highest BCUT2D eigenvalue weighted by atomic mass is 35.5. The third-order valence-corrected chi connectivity index (χ3v) is 6.74. The van der Waals surface area contributed by atoms with E-state index in [4.69, 9.17) is 16.3 Å². The van der Waals surface area contributed by atoms with Crippen LogP contribution in [0.5, 0.6) is 0 Å². The van der Waals surface area contributed by atoms with Crippen LogP contribution in [0.1, 0.15) is 44.4 Å². The number of ketones is 1. The van der Waals surface area contributed by atoms with E-state index in [1.807, 2.05) is 17.5 Å². The second-order valence-electron chi connectivity index (χ2n) is 6.40. The lowest BCUT2D eigenvalue weighted by atomic mass is 10.1. The van der Waals surface area contributed by atoms with Gasteiger partial charge in [0.1, 0.15) is 21.7 Å². The van der Waals surface area contributed by atoms with Crippen molar-refractivity contribution >= 4 is 56.6 Å². The van der Waals surface area contributed by atoms with E-state index >= 15 is 0 Å². The number of esters is 1. The van der Waals surface area contributed by atoms with Gasteiger partial charge in [0.2, 0.25) is 0 Å². The van der Waals surface area contributed by atoms with E-state index < -0.39 is 5.97 Å². The fourth-order valence-corrected chi connectivity index (χ4v) is 4.81. The molecule has 1 N–H and O–H groups in total. The first-order valence-corrected chi connectivity index (χ1v) is 11.3. The van der Waals surface area contributed by atoms with Crippen LogP contribution < -0.4 is 5.32 Å². The highest BCUT2D eigenvalue weighted by Crippen LogP contribution is 2.35. The summed E-state index contributed by atoms with van der Waals surface area (Å²) < 4.78 is 5.13. The van der Waals surface area contributed by atoms with Gasteiger partial charge in [0.25, 0.3) is 0 Å². The number of anilines is 1. The Morgan fingerprint density at radius 3 is 2.65 bits per heavy atom. The molecule has 0 radical (unpaired) electrons. The molecule has 0 atom stereocenters. The molecule has 158 valence electrons. The predicted molar refractivity (Wildman–Crippen MR) is 125 cm³/mol. The van der Waals surface area contributed by atoms with Crippen molar-refractivity contribution in [2.75, 3.05) is 11.9 Å². The third-order valence-electron chi connectivity index (χ3n) is 4.29. The van der Waals surface area contributed by atoms with Crippen LogP contribution in [0.4, 0.5) is 5.00 Å². The Morgan fingerprint density at radius 2 is 2.03 bits per heavy atom. The molecule has 0 fully saturated rings. The average molecular weight is 472 g/mol. The lowest BCUT2D eigenvalue weighted by Gasteiger charge is -2.05. The zero-order chi connectivity index (χ0) is 22.5. The molecule has 3 rings (SSSR count). The minimum absolute atomic E-state index is 0.141. The molecule has 31 heavy (non-hydrogen) atoms. The Morgan fingerprint density at radius 1 is 1.32 bits per heavy atom. The fourth-order valence-electron chi connectivity index (χ4n) is 2.83. The van der Waals surface area contributed by atoms with Crippen molar-refractivity contribution < 1.29 is 14.3 Å². The van der Waals surface area contributed by atoms with Crippen LogP contribution in [0.25, 0.3) is 16.8 Å².